The van der Waals surface area contributed by atoms with Gasteiger partial charge in [-0.05, 0) is 30.7 Å². The Hall–Kier alpha value is -2.80. The van der Waals surface area contributed by atoms with Gasteiger partial charge >= 0.3 is 0 Å². The maximum atomic E-state index is 12.6. The predicted molar refractivity (Wildman–Crippen MR) is 110 cm³/mol. The molecule has 144 valence electrons. The number of rotatable bonds is 6. The van der Waals surface area contributed by atoms with E-state index in [1.807, 2.05) is 49.4 Å². The maximum absolute atomic E-state index is 12.6. The molecular weight excluding hydrogens is 374 g/mol. The second kappa shape index (κ2) is 8.06. The molecule has 0 fully saturated rings. The number of fused-ring (bicyclic) bond motifs is 2. The summed E-state index contributed by atoms with van der Waals surface area (Å²) in [4.78, 5) is 29.5. The Bertz CT molecular complexity index is 1050. The van der Waals surface area contributed by atoms with Crippen molar-refractivity contribution in [3.63, 3.8) is 0 Å². The number of para-hydroxylation sites is 2. The number of nitrogens with one attached hydrogen (secondary N) is 1. The first-order valence-electron chi connectivity index (χ1n) is 9.29. The van der Waals surface area contributed by atoms with Crippen LogP contribution >= 0.6 is 11.8 Å². The molecule has 0 saturated heterocycles. The Balaban J connectivity index is 1.37. The van der Waals surface area contributed by atoms with Gasteiger partial charge in [-0.1, -0.05) is 42.1 Å². The first-order valence-corrected chi connectivity index (χ1v) is 10.3. The van der Waals surface area contributed by atoms with Gasteiger partial charge in [0.15, 0.2) is 5.16 Å². The van der Waals surface area contributed by atoms with Crippen LogP contribution in [0.3, 0.4) is 0 Å². The second-order valence-electron chi connectivity index (χ2n) is 6.61. The Morgan fingerprint density at radius 2 is 2.04 bits per heavy atom. The molecule has 28 heavy (non-hydrogen) atoms. The van der Waals surface area contributed by atoms with Crippen LogP contribution in [0.15, 0.2) is 58.5 Å². The molecule has 0 aliphatic carbocycles. The summed E-state index contributed by atoms with van der Waals surface area (Å²) >= 11 is 1.28. The van der Waals surface area contributed by atoms with Gasteiger partial charge in [0.25, 0.3) is 5.56 Å². The molecule has 6 nitrogen and oxygen atoms in total. The first kappa shape index (κ1) is 18.6. The molecule has 1 atom stereocenters. The van der Waals surface area contributed by atoms with Crippen LogP contribution in [-0.4, -0.2) is 33.9 Å². The van der Waals surface area contributed by atoms with Crippen molar-refractivity contribution in [1.29, 1.82) is 0 Å². The van der Waals surface area contributed by atoms with E-state index < -0.39 is 0 Å². The third kappa shape index (κ3) is 3.75. The third-order valence-electron chi connectivity index (χ3n) is 4.72. The van der Waals surface area contributed by atoms with Gasteiger partial charge in [0.1, 0.15) is 11.9 Å². The lowest BCUT2D eigenvalue weighted by Gasteiger charge is -2.13. The van der Waals surface area contributed by atoms with Crippen molar-refractivity contribution in [2.24, 2.45) is 0 Å². The van der Waals surface area contributed by atoms with Gasteiger partial charge in [-0.15, -0.1) is 0 Å². The van der Waals surface area contributed by atoms with Crippen LogP contribution in [0.25, 0.3) is 10.9 Å². The minimum Gasteiger partial charge on any atom is -0.488 e. The van der Waals surface area contributed by atoms with Gasteiger partial charge in [-0.2, -0.15) is 0 Å². The number of carbonyl (C=O) groups excluding carboxylic acids is 1. The normalized spacial score (nSPS) is 15.2. The van der Waals surface area contributed by atoms with Crippen molar-refractivity contribution >= 4 is 28.6 Å². The standard InChI is InChI=1S/C21H21N3O3S/c1-2-24-20(26)16-8-4-5-9-17(16)23-21(24)28-13-19(25)22-12-15-11-14-7-3-6-10-18(14)27-15/h3-10,15H,2,11-13H2,1H3,(H,22,25). The number of hydrogen-bond acceptors (Lipinski definition) is 5. The SMILES string of the molecule is CCn1c(SCC(=O)NCC2Cc3ccccc3O2)nc2ccccc2c1=O. The van der Waals surface area contributed by atoms with E-state index >= 15 is 0 Å². The molecule has 4 rings (SSSR count). The van der Waals surface area contributed by atoms with E-state index in [9.17, 15) is 9.59 Å². The summed E-state index contributed by atoms with van der Waals surface area (Å²) in [7, 11) is 0. The van der Waals surface area contributed by atoms with Crippen molar-refractivity contribution in [3.05, 3.63) is 64.4 Å². The molecule has 2 aromatic carbocycles. The Kier molecular flexibility index (Phi) is 5.34. The number of nitrogens with zero attached hydrogens (tertiary/aromatic N) is 2. The largest absolute Gasteiger partial charge is 0.488 e. The van der Waals surface area contributed by atoms with E-state index in [-0.39, 0.29) is 23.3 Å². The first-order chi connectivity index (χ1) is 13.7. The smallest absolute Gasteiger partial charge is 0.262 e. The molecule has 0 bridgehead atoms. The van der Waals surface area contributed by atoms with Crippen LogP contribution in [0.2, 0.25) is 0 Å². The molecule has 1 unspecified atom stereocenters. The zero-order chi connectivity index (χ0) is 19.5. The molecule has 1 aromatic heterocycles. The fourth-order valence-corrected chi connectivity index (χ4v) is 4.21. The van der Waals surface area contributed by atoms with Crippen LogP contribution < -0.4 is 15.6 Å². The monoisotopic (exact) mass is 395 g/mol. The van der Waals surface area contributed by atoms with Crippen LogP contribution in [0, 0.1) is 0 Å². The molecule has 7 heteroatoms. The molecule has 0 radical (unpaired) electrons. The van der Waals surface area contributed by atoms with Crippen LogP contribution in [0.4, 0.5) is 0 Å². The molecule has 2 heterocycles. The molecule has 1 aliphatic heterocycles. The lowest BCUT2D eigenvalue weighted by atomic mass is 10.1. The average molecular weight is 395 g/mol. The van der Waals surface area contributed by atoms with Gasteiger partial charge in [0.2, 0.25) is 5.91 Å². The van der Waals surface area contributed by atoms with Crippen molar-refractivity contribution in [2.75, 3.05) is 12.3 Å². The van der Waals surface area contributed by atoms with Crippen LogP contribution in [0.1, 0.15) is 12.5 Å². The highest BCUT2D eigenvalue weighted by Gasteiger charge is 2.22. The highest BCUT2D eigenvalue weighted by molar-refractivity contribution is 7.99. The Labute approximate surface area is 166 Å². The second-order valence-corrected chi connectivity index (χ2v) is 7.55. The van der Waals surface area contributed by atoms with E-state index in [0.29, 0.717) is 29.1 Å². The number of ether oxygens (including phenoxy) is 1. The highest BCUT2D eigenvalue weighted by atomic mass is 32.2. The van der Waals surface area contributed by atoms with E-state index in [1.165, 1.54) is 17.3 Å². The molecule has 0 spiro atoms. The number of aromatic nitrogens is 2. The maximum Gasteiger partial charge on any atom is 0.262 e. The molecular formula is C21H21N3O3S. The minimum absolute atomic E-state index is 0.0426. The van der Waals surface area contributed by atoms with E-state index in [4.69, 9.17) is 4.74 Å². The zero-order valence-electron chi connectivity index (χ0n) is 15.6. The Morgan fingerprint density at radius 1 is 1.25 bits per heavy atom. The fraction of sp³-hybridized carbons (Fsp3) is 0.286. The Morgan fingerprint density at radius 3 is 2.86 bits per heavy atom. The predicted octanol–water partition coefficient (Wildman–Crippen LogP) is 2.63. The van der Waals surface area contributed by atoms with E-state index in [1.54, 1.807) is 10.6 Å². The van der Waals surface area contributed by atoms with Gasteiger partial charge in [-0.3, -0.25) is 14.2 Å². The quantitative estimate of drug-likeness (QED) is 0.513. The fourth-order valence-electron chi connectivity index (χ4n) is 3.31. The molecule has 1 N–H and O–H groups in total. The summed E-state index contributed by atoms with van der Waals surface area (Å²) < 4.78 is 7.45. The zero-order valence-corrected chi connectivity index (χ0v) is 16.4. The molecule has 1 amide bonds. The van der Waals surface area contributed by atoms with Gasteiger partial charge in [-0.25, -0.2) is 4.98 Å². The number of thioether (sulfide) groups is 1. The summed E-state index contributed by atoms with van der Waals surface area (Å²) in [6, 6.07) is 15.2. The van der Waals surface area contributed by atoms with E-state index in [0.717, 1.165) is 12.2 Å². The van der Waals surface area contributed by atoms with Crippen LogP contribution in [0.5, 0.6) is 5.75 Å². The number of amides is 1. The number of benzene rings is 2. The van der Waals surface area contributed by atoms with Gasteiger partial charge < -0.3 is 10.1 Å². The average Bonchev–Trinajstić information content (AvgIpc) is 3.14. The summed E-state index contributed by atoms with van der Waals surface area (Å²) in [5.74, 6) is 0.989. The number of hydrogen-bond donors (Lipinski definition) is 1. The van der Waals surface area contributed by atoms with Crippen molar-refractivity contribution < 1.29 is 9.53 Å². The van der Waals surface area contributed by atoms with Crippen molar-refractivity contribution in [3.8, 4) is 5.75 Å². The van der Waals surface area contributed by atoms with Crippen molar-refractivity contribution in [2.45, 2.75) is 31.1 Å². The van der Waals surface area contributed by atoms with Crippen molar-refractivity contribution in [1.82, 2.24) is 14.9 Å². The summed E-state index contributed by atoms with van der Waals surface area (Å²) in [6.45, 7) is 2.87. The topological polar surface area (TPSA) is 73.2 Å². The molecule has 3 aromatic rings. The third-order valence-corrected chi connectivity index (χ3v) is 5.69. The summed E-state index contributed by atoms with van der Waals surface area (Å²) in [5.41, 5.74) is 1.74. The van der Waals surface area contributed by atoms with E-state index in [2.05, 4.69) is 10.3 Å². The summed E-state index contributed by atoms with van der Waals surface area (Å²) in [5, 5.41) is 4.07. The lowest BCUT2D eigenvalue weighted by molar-refractivity contribution is -0.118. The molecule has 1 aliphatic rings. The lowest BCUT2D eigenvalue weighted by Crippen LogP contribution is -2.35. The molecule has 0 saturated carbocycles. The minimum atomic E-state index is -0.102. The number of carbonyl (C=O) groups is 1. The van der Waals surface area contributed by atoms with Crippen LogP contribution in [-0.2, 0) is 17.8 Å². The highest BCUT2D eigenvalue weighted by Crippen LogP contribution is 2.27. The summed E-state index contributed by atoms with van der Waals surface area (Å²) in [6.07, 6.45) is 0.754. The van der Waals surface area contributed by atoms with Gasteiger partial charge in [0, 0.05) is 13.0 Å². The van der Waals surface area contributed by atoms with Gasteiger partial charge in [0.05, 0.1) is 23.2 Å².